The maximum atomic E-state index is 9.27. The molecule has 5 heteroatoms. The predicted molar refractivity (Wildman–Crippen MR) is 65.7 cm³/mol. The molecule has 0 bridgehead atoms. The van der Waals surface area contributed by atoms with Crippen molar-refractivity contribution in [1.82, 2.24) is 9.78 Å². The standard InChI is InChI=1S/C12H13ClN2O2/c1-2-17-11-6-14-15(7-11)12-5-10(13)4-3-9(12)8-16/h3-7,16H,2,8H2,1H3. The number of rotatable bonds is 4. The summed E-state index contributed by atoms with van der Waals surface area (Å²) in [7, 11) is 0. The molecule has 1 heterocycles. The van der Waals surface area contributed by atoms with Crippen LogP contribution in [0.5, 0.6) is 5.75 Å². The smallest absolute Gasteiger partial charge is 0.157 e. The van der Waals surface area contributed by atoms with Gasteiger partial charge in [0.2, 0.25) is 0 Å². The molecule has 2 aromatic rings. The number of ether oxygens (including phenoxy) is 1. The zero-order valence-electron chi connectivity index (χ0n) is 9.43. The van der Waals surface area contributed by atoms with Crippen molar-refractivity contribution >= 4 is 11.6 Å². The largest absolute Gasteiger partial charge is 0.491 e. The van der Waals surface area contributed by atoms with Gasteiger partial charge < -0.3 is 9.84 Å². The first-order valence-electron chi connectivity index (χ1n) is 5.31. The van der Waals surface area contributed by atoms with E-state index in [-0.39, 0.29) is 6.61 Å². The molecule has 4 nitrogen and oxygen atoms in total. The van der Waals surface area contributed by atoms with Crippen molar-refractivity contribution < 1.29 is 9.84 Å². The van der Waals surface area contributed by atoms with Crippen molar-refractivity contribution in [1.29, 1.82) is 0 Å². The van der Waals surface area contributed by atoms with Crippen LogP contribution < -0.4 is 4.74 Å². The SMILES string of the molecule is CCOc1cnn(-c2cc(Cl)ccc2CO)c1. The van der Waals surface area contributed by atoms with Gasteiger partial charge in [-0.1, -0.05) is 17.7 Å². The van der Waals surface area contributed by atoms with Crippen molar-refractivity contribution in [2.45, 2.75) is 13.5 Å². The summed E-state index contributed by atoms with van der Waals surface area (Å²) in [6, 6.07) is 5.28. The van der Waals surface area contributed by atoms with Crippen molar-refractivity contribution in [2.75, 3.05) is 6.61 Å². The van der Waals surface area contributed by atoms with Crippen LogP contribution in [0.25, 0.3) is 5.69 Å². The van der Waals surface area contributed by atoms with Crippen molar-refractivity contribution in [2.24, 2.45) is 0 Å². The molecule has 1 N–H and O–H groups in total. The number of benzene rings is 1. The topological polar surface area (TPSA) is 47.3 Å². The van der Waals surface area contributed by atoms with Crippen LogP contribution in [0, 0.1) is 0 Å². The molecule has 0 aliphatic carbocycles. The molecule has 0 amide bonds. The maximum Gasteiger partial charge on any atom is 0.157 e. The fourth-order valence-corrected chi connectivity index (χ4v) is 1.73. The van der Waals surface area contributed by atoms with Gasteiger partial charge in [-0.25, -0.2) is 4.68 Å². The summed E-state index contributed by atoms with van der Waals surface area (Å²) in [6.45, 7) is 2.44. The van der Waals surface area contributed by atoms with Crippen LogP contribution in [0.1, 0.15) is 12.5 Å². The quantitative estimate of drug-likeness (QED) is 0.909. The minimum atomic E-state index is -0.0592. The Bertz CT molecular complexity index is 511. The zero-order chi connectivity index (χ0) is 12.3. The molecule has 90 valence electrons. The Morgan fingerprint density at radius 2 is 2.29 bits per heavy atom. The van der Waals surface area contributed by atoms with E-state index >= 15 is 0 Å². The van der Waals surface area contributed by atoms with Gasteiger partial charge in [0.05, 0.1) is 31.3 Å². The molecule has 0 aliphatic heterocycles. The number of aliphatic hydroxyl groups is 1. The van der Waals surface area contributed by atoms with Gasteiger partial charge in [-0.05, 0) is 19.1 Å². The van der Waals surface area contributed by atoms with E-state index < -0.39 is 0 Å². The molecule has 0 aliphatic rings. The average Bonchev–Trinajstić information content (AvgIpc) is 2.78. The number of hydrogen-bond donors (Lipinski definition) is 1. The third-order valence-corrected chi connectivity index (χ3v) is 2.57. The lowest BCUT2D eigenvalue weighted by molar-refractivity contribution is 0.281. The Balaban J connectivity index is 2.40. The van der Waals surface area contributed by atoms with Gasteiger partial charge in [0, 0.05) is 10.6 Å². The third kappa shape index (κ3) is 2.60. The van der Waals surface area contributed by atoms with E-state index in [0.717, 1.165) is 11.3 Å². The molecular formula is C12H13ClN2O2. The van der Waals surface area contributed by atoms with E-state index in [0.29, 0.717) is 17.4 Å². The van der Waals surface area contributed by atoms with Crippen LogP contribution in [0.15, 0.2) is 30.6 Å². The molecule has 0 spiro atoms. The summed E-state index contributed by atoms with van der Waals surface area (Å²) in [6.07, 6.45) is 3.39. The van der Waals surface area contributed by atoms with E-state index in [2.05, 4.69) is 5.10 Å². The number of nitrogens with zero attached hydrogens (tertiary/aromatic N) is 2. The highest BCUT2D eigenvalue weighted by Gasteiger charge is 2.07. The Morgan fingerprint density at radius 1 is 1.47 bits per heavy atom. The first-order chi connectivity index (χ1) is 8.24. The van der Waals surface area contributed by atoms with Crippen molar-refractivity contribution in [3.8, 4) is 11.4 Å². The Hall–Kier alpha value is -1.52. The molecule has 17 heavy (non-hydrogen) atoms. The lowest BCUT2D eigenvalue weighted by atomic mass is 10.2. The lowest BCUT2D eigenvalue weighted by Crippen LogP contribution is -2.00. The average molecular weight is 253 g/mol. The van der Waals surface area contributed by atoms with Gasteiger partial charge in [-0.3, -0.25) is 0 Å². The number of halogens is 1. The Kier molecular flexibility index (Phi) is 3.66. The highest BCUT2D eigenvalue weighted by atomic mass is 35.5. The van der Waals surface area contributed by atoms with Gasteiger partial charge in [-0.15, -0.1) is 0 Å². The second-order valence-corrected chi connectivity index (χ2v) is 3.92. The fraction of sp³-hybridized carbons (Fsp3) is 0.250. The Morgan fingerprint density at radius 3 is 3.00 bits per heavy atom. The summed E-state index contributed by atoms with van der Waals surface area (Å²) in [4.78, 5) is 0. The molecule has 2 rings (SSSR count). The van der Waals surface area contributed by atoms with E-state index in [9.17, 15) is 5.11 Å². The normalized spacial score (nSPS) is 10.5. The van der Waals surface area contributed by atoms with Gasteiger partial charge in [0.1, 0.15) is 0 Å². The lowest BCUT2D eigenvalue weighted by Gasteiger charge is -2.07. The zero-order valence-corrected chi connectivity index (χ0v) is 10.2. The van der Waals surface area contributed by atoms with Gasteiger partial charge in [0.15, 0.2) is 5.75 Å². The Labute approximate surface area is 104 Å². The first-order valence-corrected chi connectivity index (χ1v) is 5.69. The van der Waals surface area contributed by atoms with Crippen LogP contribution >= 0.6 is 11.6 Å². The van der Waals surface area contributed by atoms with Gasteiger partial charge in [0.25, 0.3) is 0 Å². The predicted octanol–water partition coefficient (Wildman–Crippen LogP) is 2.42. The minimum absolute atomic E-state index is 0.0592. The van der Waals surface area contributed by atoms with Crippen LogP contribution in [0.2, 0.25) is 5.02 Å². The van der Waals surface area contributed by atoms with E-state index in [1.165, 1.54) is 0 Å². The molecule has 0 radical (unpaired) electrons. The minimum Gasteiger partial charge on any atom is -0.491 e. The second kappa shape index (κ2) is 5.21. The summed E-state index contributed by atoms with van der Waals surface area (Å²) < 4.78 is 6.97. The summed E-state index contributed by atoms with van der Waals surface area (Å²) >= 11 is 5.94. The van der Waals surface area contributed by atoms with E-state index in [1.54, 1.807) is 35.3 Å². The number of aromatic nitrogens is 2. The first kappa shape index (κ1) is 12.0. The summed E-state index contributed by atoms with van der Waals surface area (Å²) in [5.41, 5.74) is 1.52. The molecule has 1 aromatic heterocycles. The van der Waals surface area contributed by atoms with Crippen LogP contribution in [-0.2, 0) is 6.61 Å². The third-order valence-electron chi connectivity index (χ3n) is 2.33. The van der Waals surface area contributed by atoms with Crippen LogP contribution in [0.3, 0.4) is 0 Å². The maximum absolute atomic E-state index is 9.27. The highest BCUT2D eigenvalue weighted by molar-refractivity contribution is 6.30. The van der Waals surface area contributed by atoms with Gasteiger partial charge in [-0.2, -0.15) is 5.10 Å². The van der Waals surface area contributed by atoms with E-state index in [1.807, 2.05) is 6.92 Å². The number of aliphatic hydroxyl groups excluding tert-OH is 1. The van der Waals surface area contributed by atoms with Crippen molar-refractivity contribution in [3.63, 3.8) is 0 Å². The molecule has 0 saturated carbocycles. The summed E-state index contributed by atoms with van der Waals surface area (Å²) in [5, 5.41) is 14.0. The number of hydrogen-bond acceptors (Lipinski definition) is 3. The van der Waals surface area contributed by atoms with Crippen LogP contribution in [-0.4, -0.2) is 21.5 Å². The molecule has 0 unspecified atom stereocenters. The monoisotopic (exact) mass is 252 g/mol. The van der Waals surface area contributed by atoms with Crippen molar-refractivity contribution in [3.05, 3.63) is 41.2 Å². The molecule has 0 fully saturated rings. The fourth-order valence-electron chi connectivity index (χ4n) is 1.56. The molecular weight excluding hydrogens is 240 g/mol. The molecule has 0 atom stereocenters. The molecule has 0 saturated heterocycles. The second-order valence-electron chi connectivity index (χ2n) is 3.48. The molecule has 1 aromatic carbocycles. The van der Waals surface area contributed by atoms with Gasteiger partial charge >= 0.3 is 0 Å². The van der Waals surface area contributed by atoms with E-state index in [4.69, 9.17) is 16.3 Å². The summed E-state index contributed by atoms with van der Waals surface area (Å²) in [5.74, 6) is 0.691. The highest BCUT2D eigenvalue weighted by Crippen LogP contribution is 2.21. The van der Waals surface area contributed by atoms with Crippen LogP contribution in [0.4, 0.5) is 0 Å².